The van der Waals surface area contributed by atoms with Crippen LogP contribution in [0.25, 0.3) is 0 Å². The summed E-state index contributed by atoms with van der Waals surface area (Å²) in [5.41, 5.74) is 2.55. The highest BCUT2D eigenvalue weighted by Crippen LogP contribution is 2.33. The molecule has 0 saturated heterocycles. The van der Waals surface area contributed by atoms with E-state index < -0.39 is 0 Å². The minimum Gasteiger partial charge on any atom is -0.493 e. The van der Waals surface area contributed by atoms with Gasteiger partial charge in [0.1, 0.15) is 5.75 Å². The van der Waals surface area contributed by atoms with Crippen molar-refractivity contribution in [2.45, 2.75) is 33.1 Å². The summed E-state index contributed by atoms with van der Waals surface area (Å²) in [5.74, 6) is 1.67. The fourth-order valence-corrected chi connectivity index (χ4v) is 2.66. The molecule has 0 unspecified atom stereocenters. The number of rotatable bonds is 6. The van der Waals surface area contributed by atoms with Crippen molar-refractivity contribution in [2.24, 2.45) is 0 Å². The number of ether oxygens (including phenoxy) is 3. The van der Waals surface area contributed by atoms with Crippen molar-refractivity contribution >= 4 is 11.6 Å². The molecule has 0 aliphatic carbocycles. The second kappa shape index (κ2) is 8.13. The lowest BCUT2D eigenvalue weighted by molar-refractivity contribution is -0.118. The van der Waals surface area contributed by atoms with Crippen LogP contribution in [0.2, 0.25) is 0 Å². The van der Waals surface area contributed by atoms with Crippen molar-refractivity contribution in [2.75, 3.05) is 26.1 Å². The Labute approximate surface area is 155 Å². The Kier molecular flexibility index (Phi) is 6.14. The fourth-order valence-electron chi connectivity index (χ4n) is 2.66. The summed E-state index contributed by atoms with van der Waals surface area (Å²) >= 11 is 0. The Balaban J connectivity index is 2.09. The lowest BCUT2D eigenvalue weighted by atomic mass is 9.86. The van der Waals surface area contributed by atoms with Crippen LogP contribution in [0.4, 0.5) is 5.69 Å². The molecule has 1 N–H and O–H groups in total. The van der Waals surface area contributed by atoms with Crippen LogP contribution in [0, 0.1) is 6.92 Å². The molecule has 5 nitrogen and oxygen atoms in total. The van der Waals surface area contributed by atoms with Crippen LogP contribution in [-0.4, -0.2) is 26.7 Å². The summed E-state index contributed by atoms with van der Waals surface area (Å²) in [6, 6.07) is 11.3. The highest BCUT2D eigenvalue weighted by atomic mass is 16.5. The normalized spacial score (nSPS) is 11.0. The Morgan fingerprint density at radius 3 is 2.23 bits per heavy atom. The SMILES string of the molecule is COc1cc(C)c(NC(=O)COc2ccccc2C(C)(C)C)cc1OC. The van der Waals surface area contributed by atoms with E-state index in [9.17, 15) is 4.79 Å². The van der Waals surface area contributed by atoms with Crippen LogP contribution in [0.1, 0.15) is 31.9 Å². The molecule has 2 aromatic rings. The van der Waals surface area contributed by atoms with Gasteiger partial charge in [-0.3, -0.25) is 4.79 Å². The van der Waals surface area contributed by atoms with Crippen molar-refractivity contribution in [1.82, 2.24) is 0 Å². The summed E-state index contributed by atoms with van der Waals surface area (Å²) < 4.78 is 16.3. The average Bonchev–Trinajstić information content (AvgIpc) is 2.60. The molecule has 5 heteroatoms. The van der Waals surface area contributed by atoms with Gasteiger partial charge in [0.25, 0.3) is 5.91 Å². The van der Waals surface area contributed by atoms with Gasteiger partial charge in [0.05, 0.1) is 14.2 Å². The van der Waals surface area contributed by atoms with Crippen LogP contribution in [-0.2, 0) is 10.2 Å². The number of para-hydroxylation sites is 1. The molecular weight excluding hydrogens is 330 g/mol. The first kappa shape index (κ1) is 19.6. The molecule has 0 saturated carbocycles. The van der Waals surface area contributed by atoms with E-state index in [-0.39, 0.29) is 17.9 Å². The molecule has 0 aromatic heterocycles. The summed E-state index contributed by atoms with van der Waals surface area (Å²) in [4.78, 5) is 12.3. The van der Waals surface area contributed by atoms with Gasteiger partial charge in [-0.1, -0.05) is 39.0 Å². The smallest absolute Gasteiger partial charge is 0.262 e. The number of anilines is 1. The largest absolute Gasteiger partial charge is 0.493 e. The second-order valence-corrected chi connectivity index (χ2v) is 7.11. The van der Waals surface area contributed by atoms with E-state index in [4.69, 9.17) is 14.2 Å². The van der Waals surface area contributed by atoms with Gasteiger partial charge in [0.15, 0.2) is 18.1 Å². The number of carbonyl (C=O) groups is 1. The van der Waals surface area contributed by atoms with Gasteiger partial charge >= 0.3 is 0 Å². The van der Waals surface area contributed by atoms with Gasteiger partial charge in [0.2, 0.25) is 0 Å². The molecule has 0 radical (unpaired) electrons. The first-order valence-electron chi connectivity index (χ1n) is 8.51. The summed E-state index contributed by atoms with van der Waals surface area (Å²) in [5, 5.41) is 2.87. The molecule has 26 heavy (non-hydrogen) atoms. The maximum absolute atomic E-state index is 12.3. The predicted molar refractivity (Wildman–Crippen MR) is 104 cm³/mol. The number of methoxy groups -OCH3 is 2. The topological polar surface area (TPSA) is 56.8 Å². The van der Waals surface area contributed by atoms with Crippen LogP contribution in [0.5, 0.6) is 17.2 Å². The van der Waals surface area contributed by atoms with Crippen LogP contribution >= 0.6 is 0 Å². The molecule has 140 valence electrons. The fraction of sp³-hybridized carbons (Fsp3) is 0.381. The molecule has 2 rings (SSSR count). The summed E-state index contributed by atoms with van der Waals surface area (Å²) in [6.45, 7) is 8.17. The Hall–Kier alpha value is -2.69. The third kappa shape index (κ3) is 4.69. The number of hydrogen-bond donors (Lipinski definition) is 1. The van der Waals surface area contributed by atoms with Gasteiger partial charge < -0.3 is 19.5 Å². The Morgan fingerprint density at radius 1 is 1.00 bits per heavy atom. The van der Waals surface area contributed by atoms with Crippen molar-refractivity contribution in [3.8, 4) is 17.2 Å². The maximum Gasteiger partial charge on any atom is 0.262 e. The first-order chi connectivity index (χ1) is 12.3. The minimum atomic E-state index is -0.232. The third-order valence-electron chi connectivity index (χ3n) is 4.06. The van der Waals surface area contributed by atoms with E-state index in [1.54, 1.807) is 20.3 Å². The standard InChI is InChI=1S/C21H27NO4/c1-14-11-18(24-5)19(25-6)12-16(14)22-20(23)13-26-17-10-8-7-9-15(17)21(2,3)4/h7-12H,13H2,1-6H3,(H,22,23). The first-order valence-corrected chi connectivity index (χ1v) is 8.51. The number of aryl methyl sites for hydroxylation is 1. The zero-order valence-corrected chi connectivity index (χ0v) is 16.3. The predicted octanol–water partition coefficient (Wildman–Crippen LogP) is 4.33. The van der Waals surface area contributed by atoms with Crippen molar-refractivity contribution < 1.29 is 19.0 Å². The van der Waals surface area contributed by atoms with Gasteiger partial charge in [-0.25, -0.2) is 0 Å². The van der Waals surface area contributed by atoms with Gasteiger partial charge in [-0.2, -0.15) is 0 Å². The van der Waals surface area contributed by atoms with E-state index in [0.717, 1.165) is 16.9 Å². The summed E-state index contributed by atoms with van der Waals surface area (Å²) in [7, 11) is 3.14. The summed E-state index contributed by atoms with van der Waals surface area (Å²) in [6.07, 6.45) is 0. The third-order valence-corrected chi connectivity index (χ3v) is 4.06. The lowest BCUT2D eigenvalue weighted by Crippen LogP contribution is -2.22. The van der Waals surface area contributed by atoms with E-state index in [0.29, 0.717) is 17.2 Å². The average molecular weight is 357 g/mol. The highest BCUT2D eigenvalue weighted by Gasteiger charge is 2.19. The molecule has 0 atom stereocenters. The van der Waals surface area contributed by atoms with E-state index in [1.165, 1.54) is 0 Å². The number of hydrogen-bond acceptors (Lipinski definition) is 4. The van der Waals surface area contributed by atoms with Crippen LogP contribution < -0.4 is 19.5 Å². The number of benzene rings is 2. The molecule has 0 bridgehead atoms. The minimum absolute atomic E-state index is 0.0625. The molecular formula is C21H27NO4. The van der Waals surface area contributed by atoms with Crippen molar-refractivity contribution in [3.05, 3.63) is 47.5 Å². The zero-order valence-electron chi connectivity index (χ0n) is 16.3. The van der Waals surface area contributed by atoms with E-state index in [1.807, 2.05) is 37.3 Å². The van der Waals surface area contributed by atoms with Gasteiger partial charge in [-0.15, -0.1) is 0 Å². The monoisotopic (exact) mass is 357 g/mol. The molecule has 0 aliphatic rings. The lowest BCUT2D eigenvalue weighted by Gasteiger charge is -2.22. The maximum atomic E-state index is 12.3. The van der Waals surface area contributed by atoms with Crippen LogP contribution in [0.3, 0.4) is 0 Å². The van der Waals surface area contributed by atoms with Gasteiger partial charge in [-0.05, 0) is 35.6 Å². The zero-order chi connectivity index (χ0) is 19.3. The van der Waals surface area contributed by atoms with Gasteiger partial charge in [0, 0.05) is 11.8 Å². The molecule has 0 heterocycles. The molecule has 2 aromatic carbocycles. The quantitative estimate of drug-likeness (QED) is 0.836. The number of nitrogens with one attached hydrogen (secondary N) is 1. The number of amides is 1. The van der Waals surface area contributed by atoms with E-state index >= 15 is 0 Å². The molecule has 0 aliphatic heterocycles. The highest BCUT2D eigenvalue weighted by molar-refractivity contribution is 5.93. The Morgan fingerprint density at radius 2 is 1.62 bits per heavy atom. The van der Waals surface area contributed by atoms with Crippen molar-refractivity contribution in [1.29, 1.82) is 0 Å². The van der Waals surface area contributed by atoms with Crippen molar-refractivity contribution in [3.63, 3.8) is 0 Å². The Bertz CT molecular complexity index is 778. The van der Waals surface area contributed by atoms with E-state index in [2.05, 4.69) is 26.1 Å². The number of carbonyl (C=O) groups excluding carboxylic acids is 1. The molecule has 0 spiro atoms. The van der Waals surface area contributed by atoms with Crippen LogP contribution in [0.15, 0.2) is 36.4 Å². The second-order valence-electron chi connectivity index (χ2n) is 7.11. The molecule has 1 amide bonds. The molecule has 0 fully saturated rings.